The van der Waals surface area contributed by atoms with E-state index in [9.17, 15) is 14.0 Å². The monoisotopic (exact) mass is 325 g/mol. The van der Waals surface area contributed by atoms with Crippen molar-refractivity contribution < 1.29 is 9.18 Å². The molecule has 22 heavy (non-hydrogen) atoms. The highest BCUT2D eigenvalue weighted by Crippen LogP contribution is 2.18. The molecular weight excluding hydrogens is 309 g/mol. The summed E-state index contributed by atoms with van der Waals surface area (Å²) in [6, 6.07) is 5.54. The molecule has 2 aromatic rings. The normalized spacial score (nSPS) is 20.6. The summed E-state index contributed by atoms with van der Waals surface area (Å²) in [5, 5.41) is 3.06. The molecule has 1 aromatic heterocycles. The number of benzene rings is 1. The third kappa shape index (κ3) is 3.13. The number of fused-ring (bicyclic) bond motifs is 1. The van der Waals surface area contributed by atoms with Crippen LogP contribution < -0.4 is 16.5 Å². The molecule has 7 heteroatoms. The van der Waals surface area contributed by atoms with Gasteiger partial charge in [0.2, 0.25) is 0 Å². The zero-order chi connectivity index (χ0) is 15.0. The van der Waals surface area contributed by atoms with Crippen molar-refractivity contribution in [2.75, 3.05) is 0 Å². The third-order valence-electron chi connectivity index (χ3n) is 3.87. The van der Waals surface area contributed by atoms with E-state index in [4.69, 9.17) is 5.73 Å². The molecule has 2 atom stereocenters. The van der Waals surface area contributed by atoms with E-state index in [1.165, 1.54) is 24.3 Å². The fourth-order valence-electron chi connectivity index (χ4n) is 2.77. The maximum Gasteiger partial charge on any atom is 0.268 e. The summed E-state index contributed by atoms with van der Waals surface area (Å²) < 4.78 is 13.7. The van der Waals surface area contributed by atoms with Crippen LogP contribution in [0.5, 0.6) is 0 Å². The quantitative estimate of drug-likeness (QED) is 0.785. The topological polar surface area (TPSA) is 88.0 Å². The minimum absolute atomic E-state index is 0. The molecule has 0 spiro atoms. The molecule has 1 aliphatic rings. The molecule has 0 aliphatic heterocycles. The van der Waals surface area contributed by atoms with Crippen LogP contribution in [0.3, 0.4) is 0 Å². The molecule has 1 saturated carbocycles. The van der Waals surface area contributed by atoms with E-state index in [2.05, 4.69) is 10.3 Å². The molecule has 0 radical (unpaired) electrons. The van der Waals surface area contributed by atoms with Crippen molar-refractivity contribution in [2.24, 2.45) is 5.73 Å². The van der Waals surface area contributed by atoms with Gasteiger partial charge in [-0.15, -0.1) is 12.4 Å². The molecule has 0 unspecified atom stereocenters. The minimum atomic E-state index is -0.554. The van der Waals surface area contributed by atoms with E-state index < -0.39 is 11.7 Å². The number of para-hydroxylation sites is 1. The van der Waals surface area contributed by atoms with Gasteiger partial charge in [0.15, 0.2) is 5.43 Å². The van der Waals surface area contributed by atoms with Gasteiger partial charge in [-0.3, -0.25) is 9.59 Å². The standard InChI is InChI=1S/C15H16FN3O2.ClH/c16-11-3-1-2-10-13(20)7-12(19-14(10)11)15(21)18-9-5-4-8(17)6-9;/h1-3,7-9H,4-6,17H2,(H,18,21)(H,19,20);1H/t8-,9-;/m1./s1. The van der Waals surface area contributed by atoms with Crippen molar-refractivity contribution in [1.82, 2.24) is 10.3 Å². The van der Waals surface area contributed by atoms with E-state index in [1.807, 2.05) is 0 Å². The second-order valence-electron chi connectivity index (χ2n) is 5.45. The molecule has 1 aliphatic carbocycles. The molecule has 118 valence electrons. The fourth-order valence-corrected chi connectivity index (χ4v) is 2.77. The summed E-state index contributed by atoms with van der Waals surface area (Å²) in [5.41, 5.74) is 5.54. The van der Waals surface area contributed by atoms with E-state index in [0.29, 0.717) is 0 Å². The molecule has 1 heterocycles. The van der Waals surface area contributed by atoms with Gasteiger partial charge in [-0.1, -0.05) is 6.07 Å². The number of hydrogen-bond acceptors (Lipinski definition) is 3. The van der Waals surface area contributed by atoms with Crippen molar-refractivity contribution in [3.8, 4) is 0 Å². The number of nitrogens with one attached hydrogen (secondary N) is 2. The molecule has 3 rings (SSSR count). The second kappa shape index (κ2) is 6.46. The molecule has 1 fully saturated rings. The average molecular weight is 326 g/mol. The SMILES string of the molecule is Cl.N[C@@H]1CC[C@@H](NC(=O)c2cc(=O)c3cccc(F)c3[nH]2)C1. The number of nitrogens with two attached hydrogens (primary N) is 1. The van der Waals surface area contributed by atoms with Crippen molar-refractivity contribution in [1.29, 1.82) is 0 Å². The number of rotatable bonds is 2. The van der Waals surface area contributed by atoms with Crippen LogP contribution in [0.2, 0.25) is 0 Å². The summed E-state index contributed by atoms with van der Waals surface area (Å²) in [6.45, 7) is 0. The first-order valence-electron chi connectivity index (χ1n) is 6.92. The van der Waals surface area contributed by atoms with E-state index >= 15 is 0 Å². The van der Waals surface area contributed by atoms with Crippen molar-refractivity contribution in [3.63, 3.8) is 0 Å². The molecule has 1 aromatic carbocycles. The number of amides is 1. The summed E-state index contributed by atoms with van der Waals surface area (Å²) >= 11 is 0. The van der Waals surface area contributed by atoms with E-state index in [0.717, 1.165) is 19.3 Å². The van der Waals surface area contributed by atoms with Crippen molar-refractivity contribution in [3.05, 3.63) is 46.0 Å². The average Bonchev–Trinajstić information content (AvgIpc) is 2.85. The Balaban J connectivity index is 0.00000176. The van der Waals surface area contributed by atoms with Crippen LogP contribution in [0.4, 0.5) is 4.39 Å². The summed E-state index contributed by atoms with van der Waals surface area (Å²) in [7, 11) is 0. The first kappa shape index (κ1) is 16.5. The maximum atomic E-state index is 13.7. The number of carbonyl (C=O) groups excluding carboxylic acids is 1. The first-order chi connectivity index (χ1) is 10.0. The van der Waals surface area contributed by atoms with Gasteiger partial charge in [-0.2, -0.15) is 0 Å². The number of aromatic amines is 1. The Labute approximate surface area is 132 Å². The zero-order valence-corrected chi connectivity index (χ0v) is 12.6. The van der Waals surface area contributed by atoms with Crippen LogP contribution in [0.25, 0.3) is 10.9 Å². The summed E-state index contributed by atoms with van der Waals surface area (Å²) in [4.78, 5) is 26.8. The second-order valence-corrected chi connectivity index (χ2v) is 5.45. The summed E-state index contributed by atoms with van der Waals surface area (Å²) in [6.07, 6.45) is 2.41. The van der Waals surface area contributed by atoms with Crippen LogP contribution in [-0.2, 0) is 0 Å². The third-order valence-corrected chi connectivity index (χ3v) is 3.87. The number of H-pyrrole nitrogens is 1. The van der Waals surface area contributed by atoms with Crippen LogP contribution in [0.15, 0.2) is 29.1 Å². The molecule has 0 bridgehead atoms. The predicted octanol–water partition coefficient (Wildman–Crippen LogP) is 1.70. The van der Waals surface area contributed by atoms with Crippen molar-refractivity contribution >= 4 is 29.2 Å². The molecular formula is C15H17ClFN3O2. The minimum Gasteiger partial charge on any atom is -0.348 e. The van der Waals surface area contributed by atoms with Gasteiger partial charge in [0.05, 0.1) is 5.52 Å². The molecule has 5 nitrogen and oxygen atoms in total. The number of pyridine rings is 1. The molecule has 1 amide bonds. The van der Waals surface area contributed by atoms with Crippen LogP contribution >= 0.6 is 12.4 Å². The number of hydrogen-bond donors (Lipinski definition) is 3. The smallest absolute Gasteiger partial charge is 0.268 e. The van der Waals surface area contributed by atoms with Crippen LogP contribution in [0.1, 0.15) is 29.8 Å². The Kier molecular flexibility index (Phi) is 4.83. The van der Waals surface area contributed by atoms with Gasteiger partial charge < -0.3 is 16.0 Å². The highest BCUT2D eigenvalue weighted by atomic mass is 35.5. The van der Waals surface area contributed by atoms with Crippen LogP contribution in [0, 0.1) is 5.82 Å². The Morgan fingerprint density at radius 3 is 2.82 bits per heavy atom. The predicted molar refractivity (Wildman–Crippen MR) is 84.9 cm³/mol. The Morgan fingerprint density at radius 1 is 1.36 bits per heavy atom. The van der Waals surface area contributed by atoms with Gasteiger partial charge in [0.1, 0.15) is 11.5 Å². The van der Waals surface area contributed by atoms with Gasteiger partial charge in [-0.25, -0.2) is 4.39 Å². The zero-order valence-electron chi connectivity index (χ0n) is 11.8. The highest BCUT2D eigenvalue weighted by molar-refractivity contribution is 5.95. The Bertz CT molecular complexity index is 762. The number of halogens is 2. The lowest BCUT2D eigenvalue weighted by atomic mass is 10.1. The van der Waals surface area contributed by atoms with Gasteiger partial charge in [-0.05, 0) is 31.4 Å². The number of carbonyl (C=O) groups is 1. The lowest BCUT2D eigenvalue weighted by Crippen LogP contribution is -2.35. The summed E-state index contributed by atoms with van der Waals surface area (Å²) in [5.74, 6) is -0.960. The lowest BCUT2D eigenvalue weighted by Gasteiger charge is -2.12. The Hall–Kier alpha value is -1.92. The van der Waals surface area contributed by atoms with E-state index in [1.54, 1.807) is 0 Å². The molecule has 4 N–H and O–H groups in total. The van der Waals surface area contributed by atoms with Crippen LogP contribution in [-0.4, -0.2) is 23.0 Å². The maximum absolute atomic E-state index is 13.7. The largest absolute Gasteiger partial charge is 0.348 e. The van der Waals surface area contributed by atoms with E-state index in [-0.39, 0.29) is 46.5 Å². The number of aromatic nitrogens is 1. The van der Waals surface area contributed by atoms with Gasteiger partial charge in [0.25, 0.3) is 5.91 Å². The van der Waals surface area contributed by atoms with Crippen molar-refractivity contribution in [2.45, 2.75) is 31.3 Å². The Morgan fingerprint density at radius 2 is 2.14 bits per heavy atom. The van der Waals surface area contributed by atoms with Gasteiger partial charge in [0, 0.05) is 23.5 Å². The lowest BCUT2D eigenvalue weighted by molar-refractivity contribution is 0.0933. The molecule has 0 saturated heterocycles. The van der Waals surface area contributed by atoms with Gasteiger partial charge >= 0.3 is 0 Å². The fraction of sp³-hybridized carbons (Fsp3) is 0.333. The highest BCUT2D eigenvalue weighted by Gasteiger charge is 2.24. The first-order valence-corrected chi connectivity index (χ1v) is 6.92.